The number of fused-ring (bicyclic) bond motifs is 1. The van der Waals surface area contributed by atoms with Gasteiger partial charge in [0.1, 0.15) is 22.1 Å². The molecule has 1 aliphatic rings. The molecule has 10 nitrogen and oxygen atoms in total. The summed E-state index contributed by atoms with van der Waals surface area (Å²) in [4.78, 5) is 30.2. The normalized spacial score (nSPS) is 12.2. The van der Waals surface area contributed by atoms with Gasteiger partial charge in [-0.2, -0.15) is 5.10 Å². The van der Waals surface area contributed by atoms with E-state index in [0.717, 1.165) is 56.5 Å². The van der Waals surface area contributed by atoms with Crippen LogP contribution >= 0.6 is 11.3 Å². The van der Waals surface area contributed by atoms with Crippen LogP contribution in [0.2, 0.25) is 0 Å². The lowest BCUT2D eigenvalue weighted by atomic mass is 10.2. The summed E-state index contributed by atoms with van der Waals surface area (Å²) in [7, 11) is 3.22. The highest BCUT2D eigenvalue weighted by Crippen LogP contribution is 2.35. The maximum Gasteiger partial charge on any atom is 0.421 e. The molecular weight excluding hydrogens is 602 g/mol. The number of imide groups is 1. The summed E-state index contributed by atoms with van der Waals surface area (Å²) in [6, 6.07) is 20.8. The van der Waals surface area contributed by atoms with Crippen LogP contribution in [0.15, 0.2) is 78.3 Å². The van der Waals surface area contributed by atoms with Crippen LogP contribution in [-0.2, 0) is 9.53 Å². The first-order chi connectivity index (χ1) is 22.2. The Morgan fingerprint density at radius 2 is 1.70 bits per heavy atom. The Hall–Kier alpha value is -4.90. The summed E-state index contributed by atoms with van der Waals surface area (Å²) in [6.07, 6.45) is 2.82. The lowest BCUT2D eigenvalue weighted by molar-refractivity contribution is -0.119. The Morgan fingerprint density at radius 1 is 0.978 bits per heavy atom. The number of hydrogen-bond acceptors (Lipinski definition) is 9. The van der Waals surface area contributed by atoms with Crippen molar-refractivity contribution < 1.29 is 23.8 Å². The Morgan fingerprint density at radius 3 is 2.30 bits per heavy atom. The van der Waals surface area contributed by atoms with E-state index in [2.05, 4.69) is 20.5 Å². The van der Waals surface area contributed by atoms with E-state index in [1.54, 1.807) is 76.8 Å². The number of carbonyl (C=O) groups excluding carboxylic acids is 2. The van der Waals surface area contributed by atoms with Crippen LogP contribution in [0.25, 0.3) is 21.5 Å². The SMILES string of the molecule is CC.COc1ccc(-c2nccs2)cc1Nc1n[nH]c2ccccc12.COc1ccc(N(C(=O)OC(C)(C)C)C(=O)C2CC2)cc1. The third-order valence-electron chi connectivity index (χ3n) is 6.66. The summed E-state index contributed by atoms with van der Waals surface area (Å²) in [6.45, 7) is 9.33. The largest absolute Gasteiger partial charge is 0.497 e. The number of aromatic nitrogens is 3. The predicted molar refractivity (Wildman–Crippen MR) is 184 cm³/mol. The van der Waals surface area contributed by atoms with E-state index in [1.807, 2.05) is 61.7 Å². The smallest absolute Gasteiger partial charge is 0.421 e. The van der Waals surface area contributed by atoms with Crippen molar-refractivity contribution in [2.45, 2.75) is 53.1 Å². The Labute approximate surface area is 273 Å². The van der Waals surface area contributed by atoms with Gasteiger partial charge in [0.2, 0.25) is 5.91 Å². The number of nitrogens with one attached hydrogen (secondary N) is 2. The molecule has 11 heteroatoms. The van der Waals surface area contributed by atoms with Crippen molar-refractivity contribution in [3.63, 3.8) is 0 Å². The molecule has 1 fully saturated rings. The van der Waals surface area contributed by atoms with Gasteiger partial charge in [0.15, 0.2) is 5.82 Å². The third kappa shape index (κ3) is 8.63. The van der Waals surface area contributed by atoms with Gasteiger partial charge in [-0.25, -0.2) is 14.7 Å². The molecule has 0 aliphatic heterocycles. The van der Waals surface area contributed by atoms with E-state index in [4.69, 9.17) is 14.2 Å². The van der Waals surface area contributed by atoms with Gasteiger partial charge < -0.3 is 19.5 Å². The molecule has 6 rings (SSSR count). The van der Waals surface area contributed by atoms with E-state index in [0.29, 0.717) is 11.4 Å². The Balaban J connectivity index is 0.000000199. The highest BCUT2D eigenvalue weighted by Gasteiger charge is 2.38. The van der Waals surface area contributed by atoms with Crippen LogP contribution in [0.4, 0.5) is 22.0 Å². The zero-order valence-corrected chi connectivity index (χ0v) is 28.1. The zero-order chi connectivity index (χ0) is 33.3. The van der Waals surface area contributed by atoms with Gasteiger partial charge in [0.25, 0.3) is 0 Å². The fourth-order valence-corrected chi connectivity index (χ4v) is 5.00. The molecule has 2 N–H and O–H groups in total. The van der Waals surface area contributed by atoms with E-state index in [9.17, 15) is 9.59 Å². The predicted octanol–water partition coefficient (Wildman–Crippen LogP) is 8.84. The maximum absolute atomic E-state index is 12.4. The van der Waals surface area contributed by atoms with Gasteiger partial charge in [-0.1, -0.05) is 26.0 Å². The summed E-state index contributed by atoms with van der Waals surface area (Å²) in [5.41, 5.74) is 2.75. The number of H-pyrrole nitrogens is 1. The average Bonchev–Trinajstić information content (AvgIpc) is 3.61. The molecule has 46 heavy (non-hydrogen) atoms. The minimum Gasteiger partial charge on any atom is -0.497 e. The van der Waals surface area contributed by atoms with E-state index < -0.39 is 11.7 Å². The minimum absolute atomic E-state index is 0.0698. The molecule has 2 amide bonds. The zero-order valence-electron chi connectivity index (χ0n) is 27.3. The standard InChI is InChI=1S/C17H14N4OS.C16H21NO4.C2H6/c1-22-15-7-6-11(17-18-8-9-23-17)10-14(15)19-16-12-4-2-3-5-13(12)20-21-16;1-16(2,3)21-15(19)17(14(18)11-5-6-11)12-7-9-13(20-4)10-8-12;1-2/h2-10H,1H3,(H2,19,20,21);7-11H,5-6H2,1-4H3;1-2H3. The number of rotatable bonds is 7. The first-order valence-corrected chi connectivity index (χ1v) is 16.0. The molecule has 1 saturated carbocycles. The van der Waals surface area contributed by atoms with Crippen LogP contribution in [0.5, 0.6) is 11.5 Å². The maximum atomic E-state index is 12.4. The van der Waals surface area contributed by atoms with Crippen molar-refractivity contribution in [1.82, 2.24) is 15.2 Å². The molecule has 5 aromatic rings. The van der Waals surface area contributed by atoms with Gasteiger partial charge in [-0.3, -0.25) is 9.89 Å². The van der Waals surface area contributed by atoms with Gasteiger partial charge in [-0.05, 0) is 88.2 Å². The van der Waals surface area contributed by atoms with Crippen molar-refractivity contribution in [3.8, 4) is 22.1 Å². The molecule has 0 bridgehead atoms. The topological polar surface area (TPSA) is 119 Å². The van der Waals surface area contributed by atoms with E-state index in [1.165, 1.54) is 0 Å². The molecule has 242 valence electrons. The number of carbonyl (C=O) groups is 2. The number of para-hydroxylation sites is 1. The number of benzene rings is 3. The van der Waals surface area contributed by atoms with Gasteiger partial charge in [0, 0.05) is 28.4 Å². The van der Waals surface area contributed by atoms with Gasteiger partial charge in [0.05, 0.1) is 31.1 Å². The number of ether oxygens (including phenoxy) is 3. The number of nitrogens with zero attached hydrogens (tertiary/aromatic N) is 3. The molecule has 2 aromatic heterocycles. The second-order valence-electron chi connectivity index (χ2n) is 11.1. The highest BCUT2D eigenvalue weighted by atomic mass is 32.1. The lowest BCUT2D eigenvalue weighted by Crippen LogP contribution is -2.41. The molecular formula is C35H41N5O5S. The second kappa shape index (κ2) is 15.4. The molecule has 1 aliphatic carbocycles. The van der Waals surface area contributed by atoms with Crippen molar-refractivity contribution >= 4 is 51.4 Å². The van der Waals surface area contributed by atoms with E-state index >= 15 is 0 Å². The van der Waals surface area contributed by atoms with Gasteiger partial charge >= 0.3 is 6.09 Å². The molecule has 0 spiro atoms. The number of methoxy groups -OCH3 is 2. The number of aromatic amines is 1. The molecule has 0 saturated heterocycles. The third-order valence-corrected chi connectivity index (χ3v) is 7.48. The molecule has 2 heterocycles. The van der Waals surface area contributed by atoms with Gasteiger partial charge in [-0.15, -0.1) is 11.3 Å². The fraction of sp³-hybridized carbons (Fsp3) is 0.314. The summed E-state index contributed by atoms with van der Waals surface area (Å²) in [5.74, 6) is 1.93. The van der Waals surface area contributed by atoms with Crippen LogP contribution in [0.1, 0.15) is 47.5 Å². The monoisotopic (exact) mass is 643 g/mol. The first kappa shape index (κ1) is 34.0. The van der Waals surface area contributed by atoms with E-state index in [-0.39, 0.29) is 11.8 Å². The number of amides is 2. The molecule has 0 unspecified atom stereocenters. The minimum atomic E-state index is -0.647. The van der Waals surface area contributed by atoms with Crippen molar-refractivity contribution in [2.24, 2.45) is 5.92 Å². The van der Waals surface area contributed by atoms with Crippen LogP contribution in [0.3, 0.4) is 0 Å². The van der Waals surface area contributed by atoms with Crippen LogP contribution in [0, 0.1) is 5.92 Å². The quantitative estimate of drug-likeness (QED) is 0.181. The van der Waals surface area contributed by atoms with Crippen molar-refractivity contribution in [2.75, 3.05) is 24.4 Å². The molecule has 3 aromatic carbocycles. The number of thiazole rings is 1. The van der Waals surface area contributed by atoms with Crippen molar-refractivity contribution in [3.05, 3.63) is 78.3 Å². The van der Waals surface area contributed by atoms with Crippen LogP contribution < -0.4 is 19.7 Å². The summed E-state index contributed by atoms with van der Waals surface area (Å²) >= 11 is 1.61. The average molecular weight is 644 g/mol. The molecule has 0 atom stereocenters. The Bertz CT molecular complexity index is 1720. The number of hydrogen-bond donors (Lipinski definition) is 2. The highest BCUT2D eigenvalue weighted by molar-refractivity contribution is 7.13. The van der Waals surface area contributed by atoms with Crippen molar-refractivity contribution in [1.29, 1.82) is 0 Å². The first-order valence-electron chi connectivity index (χ1n) is 15.2. The van der Waals surface area contributed by atoms with Crippen LogP contribution in [-0.4, -0.2) is 47.0 Å². The summed E-state index contributed by atoms with van der Waals surface area (Å²) in [5, 5.41) is 14.7. The summed E-state index contributed by atoms with van der Waals surface area (Å²) < 4.78 is 15.9. The second-order valence-corrected chi connectivity index (χ2v) is 12.0. The lowest BCUT2D eigenvalue weighted by Gasteiger charge is -2.26. The Kier molecular flexibility index (Phi) is 11.4. The number of anilines is 3. The molecule has 0 radical (unpaired) electrons. The fourth-order valence-electron chi connectivity index (χ4n) is 4.37.